The zero-order valence-electron chi connectivity index (χ0n) is 10.5. The van der Waals surface area contributed by atoms with E-state index in [2.05, 4.69) is 20.7 Å². The summed E-state index contributed by atoms with van der Waals surface area (Å²) in [6, 6.07) is 4.30. The maximum atomic E-state index is 13.4. The lowest BCUT2D eigenvalue weighted by molar-refractivity contribution is -0.152. The fraction of sp³-hybridized carbons (Fsp3) is 0.462. The first-order valence-electron chi connectivity index (χ1n) is 5.59. The van der Waals surface area contributed by atoms with E-state index in [1.54, 1.807) is 19.9 Å². The quantitative estimate of drug-likeness (QED) is 0.868. The summed E-state index contributed by atoms with van der Waals surface area (Å²) in [5, 5.41) is 10.2. The van der Waals surface area contributed by atoms with Gasteiger partial charge in [-0.3, -0.25) is 4.79 Å². The molecule has 1 rings (SSSR count). The van der Waals surface area contributed by atoms with Crippen molar-refractivity contribution in [3.63, 3.8) is 0 Å². The van der Waals surface area contributed by atoms with Crippen LogP contribution < -0.4 is 0 Å². The van der Waals surface area contributed by atoms with Crippen LogP contribution in [0.2, 0.25) is 0 Å². The van der Waals surface area contributed by atoms with Crippen molar-refractivity contribution in [3.8, 4) is 0 Å². The average Bonchev–Trinajstić information content (AvgIpc) is 2.32. The number of carbonyl (C=O) groups is 1. The van der Waals surface area contributed by atoms with Crippen LogP contribution in [0.3, 0.4) is 0 Å². The van der Waals surface area contributed by atoms with Crippen molar-refractivity contribution in [3.05, 3.63) is 34.1 Å². The molecule has 0 saturated heterocycles. The van der Waals surface area contributed by atoms with E-state index < -0.39 is 23.8 Å². The van der Waals surface area contributed by atoms with E-state index in [-0.39, 0.29) is 5.92 Å². The van der Waals surface area contributed by atoms with Crippen molar-refractivity contribution in [2.24, 2.45) is 11.8 Å². The maximum absolute atomic E-state index is 13.4. The summed E-state index contributed by atoms with van der Waals surface area (Å²) >= 11 is 3.04. The number of methoxy groups -OCH3 is 1. The Morgan fingerprint density at radius 2 is 2.06 bits per heavy atom. The van der Waals surface area contributed by atoms with Crippen molar-refractivity contribution in [1.29, 1.82) is 0 Å². The molecular formula is C13H16BrFO3. The fourth-order valence-electron chi connectivity index (χ4n) is 1.81. The standard InChI is InChI=1S/C13H16BrFO3/c1-7(2)11(13(17)18-3)12(16)8-4-5-9(14)10(15)6-8/h4-7,11-12,16H,1-3H3. The summed E-state index contributed by atoms with van der Waals surface area (Å²) in [6.45, 7) is 3.61. The van der Waals surface area contributed by atoms with Gasteiger partial charge in [-0.15, -0.1) is 0 Å². The summed E-state index contributed by atoms with van der Waals surface area (Å²) in [4.78, 5) is 11.6. The summed E-state index contributed by atoms with van der Waals surface area (Å²) in [5.41, 5.74) is 0.361. The van der Waals surface area contributed by atoms with Gasteiger partial charge in [0.1, 0.15) is 5.82 Å². The normalized spacial score (nSPS) is 14.4. The third kappa shape index (κ3) is 3.29. The number of aliphatic hydroxyl groups excluding tert-OH is 1. The molecule has 1 aromatic carbocycles. The van der Waals surface area contributed by atoms with Crippen LogP contribution in [0, 0.1) is 17.7 Å². The monoisotopic (exact) mass is 318 g/mol. The van der Waals surface area contributed by atoms with Crippen LogP contribution in [-0.2, 0) is 9.53 Å². The second-order valence-corrected chi connectivity index (χ2v) is 5.27. The summed E-state index contributed by atoms with van der Waals surface area (Å²) in [5.74, 6) is -1.80. The number of benzene rings is 1. The maximum Gasteiger partial charge on any atom is 0.311 e. The highest BCUT2D eigenvalue weighted by Crippen LogP contribution is 2.30. The average molecular weight is 319 g/mol. The molecule has 1 N–H and O–H groups in total. The van der Waals surface area contributed by atoms with Crippen molar-refractivity contribution in [1.82, 2.24) is 0 Å². The first-order valence-corrected chi connectivity index (χ1v) is 6.38. The second-order valence-electron chi connectivity index (χ2n) is 4.41. The Kier molecular flexibility index (Phi) is 5.28. The van der Waals surface area contributed by atoms with Gasteiger partial charge in [0.25, 0.3) is 0 Å². The van der Waals surface area contributed by atoms with E-state index in [4.69, 9.17) is 0 Å². The lowest BCUT2D eigenvalue weighted by Gasteiger charge is -2.24. The summed E-state index contributed by atoms with van der Waals surface area (Å²) < 4.78 is 18.4. The first-order chi connectivity index (χ1) is 8.38. The van der Waals surface area contributed by atoms with E-state index in [0.717, 1.165) is 0 Å². The van der Waals surface area contributed by atoms with E-state index >= 15 is 0 Å². The molecule has 0 aliphatic carbocycles. The van der Waals surface area contributed by atoms with Gasteiger partial charge in [0, 0.05) is 0 Å². The minimum atomic E-state index is -1.08. The molecule has 100 valence electrons. The summed E-state index contributed by atoms with van der Waals surface area (Å²) in [6.07, 6.45) is -1.08. The lowest BCUT2D eigenvalue weighted by Crippen LogP contribution is -2.28. The van der Waals surface area contributed by atoms with Gasteiger partial charge in [-0.2, -0.15) is 0 Å². The molecule has 0 aliphatic heterocycles. The molecule has 5 heteroatoms. The van der Waals surface area contributed by atoms with Gasteiger partial charge >= 0.3 is 5.97 Å². The molecule has 0 saturated carbocycles. The number of hydrogen-bond donors (Lipinski definition) is 1. The number of rotatable bonds is 4. The van der Waals surface area contributed by atoms with E-state index in [0.29, 0.717) is 10.0 Å². The molecular weight excluding hydrogens is 303 g/mol. The second kappa shape index (κ2) is 6.29. The molecule has 2 atom stereocenters. The predicted octanol–water partition coefficient (Wildman–Crippen LogP) is 3.07. The highest BCUT2D eigenvalue weighted by atomic mass is 79.9. The Hall–Kier alpha value is -0.940. The van der Waals surface area contributed by atoms with Crippen LogP contribution in [0.5, 0.6) is 0 Å². The van der Waals surface area contributed by atoms with Crippen molar-refractivity contribution in [2.45, 2.75) is 20.0 Å². The van der Waals surface area contributed by atoms with Gasteiger partial charge in [-0.25, -0.2) is 4.39 Å². The number of ether oxygens (including phenoxy) is 1. The van der Waals surface area contributed by atoms with E-state index in [1.807, 2.05) is 0 Å². The molecule has 1 aromatic rings. The minimum absolute atomic E-state index is 0.112. The number of carbonyl (C=O) groups excluding carboxylic acids is 1. The zero-order chi connectivity index (χ0) is 13.9. The van der Waals surface area contributed by atoms with Crippen LogP contribution in [-0.4, -0.2) is 18.2 Å². The number of esters is 1. The van der Waals surface area contributed by atoms with Gasteiger partial charge in [0.05, 0.1) is 23.6 Å². The molecule has 0 aliphatic rings. The molecule has 0 heterocycles. The molecule has 0 aromatic heterocycles. The Morgan fingerprint density at radius 1 is 1.44 bits per heavy atom. The highest BCUT2D eigenvalue weighted by Gasteiger charge is 2.32. The largest absolute Gasteiger partial charge is 0.469 e. The van der Waals surface area contributed by atoms with Crippen molar-refractivity contribution < 1.29 is 19.0 Å². The van der Waals surface area contributed by atoms with Crippen LogP contribution >= 0.6 is 15.9 Å². The molecule has 0 spiro atoms. The van der Waals surface area contributed by atoms with Crippen molar-refractivity contribution >= 4 is 21.9 Å². The Labute approximate surface area is 114 Å². The van der Waals surface area contributed by atoms with Crippen molar-refractivity contribution in [2.75, 3.05) is 7.11 Å². The third-order valence-corrected chi connectivity index (χ3v) is 3.46. The molecule has 0 radical (unpaired) electrons. The number of hydrogen-bond acceptors (Lipinski definition) is 3. The van der Waals surface area contributed by atoms with Crippen LogP contribution in [0.4, 0.5) is 4.39 Å². The molecule has 18 heavy (non-hydrogen) atoms. The summed E-state index contributed by atoms with van der Waals surface area (Å²) in [7, 11) is 1.27. The molecule has 0 fully saturated rings. The zero-order valence-corrected chi connectivity index (χ0v) is 12.1. The van der Waals surface area contributed by atoms with E-state index in [1.165, 1.54) is 19.2 Å². The van der Waals surface area contributed by atoms with Crippen LogP contribution in [0.1, 0.15) is 25.5 Å². The van der Waals surface area contributed by atoms with Gasteiger partial charge in [-0.05, 0) is 39.5 Å². The van der Waals surface area contributed by atoms with Crippen LogP contribution in [0.15, 0.2) is 22.7 Å². The molecule has 0 amide bonds. The van der Waals surface area contributed by atoms with Crippen LogP contribution in [0.25, 0.3) is 0 Å². The minimum Gasteiger partial charge on any atom is -0.469 e. The molecule has 0 bridgehead atoms. The highest BCUT2D eigenvalue weighted by molar-refractivity contribution is 9.10. The fourth-order valence-corrected chi connectivity index (χ4v) is 2.05. The van der Waals surface area contributed by atoms with Gasteiger partial charge in [0.2, 0.25) is 0 Å². The Balaban J connectivity index is 3.05. The van der Waals surface area contributed by atoms with Gasteiger partial charge in [0.15, 0.2) is 0 Å². The van der Waals surface area contributed by atoms with Gasteiger partial charge in [-0.1, -0.05) is 19.9 Å². The topological polar surface area (TPSA) is 46.5 Å². The number of aliphatic hydroxyl groups is 1. The molecule has 3 nitrogen and oxygen atoms in total. The SMILES string of the molecule is COC(=O)C(C(C)C)C(O)c1ccc(Br)c(F)c1. The third-order valence-electron chi connectivity index (χ3n) is 2.82. The van der Waals surface area contributed by atoms with Gasteiger partial charge < -0.3 is 9.84 Å². The first kappa shape index (κ1) is 15.1. The predicted molar refractivity (Wildman–Crippen MR) is 69.4 cm³/mol. The number of halogens is 2. The lowest BCUT2D eigenvalue weighted by atomic mass is 9.86. The molecule has 2 unspecified atom stereocenters. The smallest absolute Gasteiger partial charge is 0.311 e. The van der Waals surface area contributed by atoms with E-state index in [9.17, 15) is 14.3 Å². The Bertz CT molecular complexity index is 434. The Morgan fingerprint density at radius 3 is 2.50 bits per heavy atom.